The number of aromatic nitrogens is 2. The quantitative estimate of drug-likeness (QED) is 0.296. The van der Waals surface area contributed by atoms with Crippen molar-refractivity contribution in [1.82, 2.24) is 19.8 Å². The molecule has 9 heteroatoms. The normalized spacial score (nSPS) is 14.7. The molecule has 4 aromatic rings. The smallest absolute Gasteiger partial charge is 0.240 e. The van der Waals surface area contributed by atoms with Crippen LogP contribution in [0.1, 0.15) is 28.8 Å². The number of nitrogens with one attached hydrogen (secondary N) is 1. The van der Waals surface area contributed by atoms with Crippen LogP contribution in [0.15, 0.2) is 85.3 Å². The van der Waals surface area contributed by atoms with E-state index in [0.717, 1.165) is 23.2 Å². The lowest BCUT2D eigenvalue weighted by Gasteiger charge is -2.18. The van der Waals surface area contributed by atoms with Crippen LogP contribution < -0.4 is 10.1 Å². The molecule has 1 fully saturated rings. The first-order chi connectivity index (χ1) is 18.1. The molecule has 3 aromatic carbocycles. The Hall–Kier alpha value is -3.83. The van der Waals surface area contributed by atoms with Crippen LogP contribution in [-0.4, -0.2) is 32.9 Å². The van der Waals surface area contributed by atoms with Crippen molar-refractivity contribution >= 4 is 29.9 Å². The summed E-state index contributed by atoms with van der Waals surface area (Å²) < 4.78 is 8.00. The van der Waals surface area contributed by atoms with Gasteiger partial charge in [0.15, 0.2) is 0 Å². The van der Waals surface area contributed by atoms with Crippen molar-refractivity contribution in [3.63, 3.8) is 0 Å². The number of nitriles is 1. The Labute approximate surface area is 233 Å². The van der Waals surface area contributed by atoms with E-state index in [-0.39, 0.29) is 24.4 Å². The van der Waals surface area contributed by atoms with E-state index in [4.69, 9.17) is 16.3 Å². The average Bonchev–Trinajstić information content (AvgIpc) is 3.49. The van der Waals surface area contributed by atoms with E-state index >= 15 is 0 Å². The van der Waals surface area contributed by atoms with Crippen molar-refractivity contribution in [2.24, 2.45) is 0 Å². The fraction of sp³-hybridized carbons (Fsp3) is 0.207. The number of halogens is 2. The van der Waals surface area contributed by atoms with Gasteiger partial charge in [-0.3, -0.25) is 4.79 Å². The third-order valence-corrected chi connectivity index (χ3v) is 6.61. The number of amides is 1. The highest BCUT2D eigenvalue weighted by atomic mass is 35.5. The van der Waals surface area contributed by atoms with Crippen LogP contribution >= 0.6 is 24.0 Å². The van der Waals surface area contributed by atoms with E-state index in [1.807, 2.05) is 76.2 Å². The third-order valence-electron chi connectivity index (χ3n) is 6.38. The number of hydrogen-bond acceptors (Lipinski definition) is 5. The van der Waals surface area contributed by atoms with Crippen LogP contribution in [0, 0.1) is 11.3 Å². The lowest BCUT2D eigenvalue weighted by Crippen LogP contribution is -2.38. The van der Waals surface area contributed by atoms with Crippen LogP contribution in [0.5, 0.6) is 11.5 Å². The minimum absolute atomic E-state index is 0. The highest BCUT2D eigenvalue weighted by Crippen LogP contribution is 2.27. The van der Waals surface area contributed by atoms with Crippen molar-refractivity contribution < 1.29 is 9.53 Å². The van der Waals surface area contributed by atoms with E-state index in [9.17, 15) is 10.1 Å². The van der Waals surface area contributed by atoms with E-state index in [1.54, 1.807) is 18.6 Å². The standard InChI is InChI=1S/C29H26ClN5O2.ClH/c30-24-6-4-5-21(13-24)18-34-12-11-27(29(34)36)33-17-25-16-32-20-35(25)19-22-9-10-23(15-31)28(14-22)37-26-7-2-1-3-8-26;/h1-10,13-14,16,20,27,33H,11-12,17-19H2;1H/t27-;/m0./s1. The van der Waals surface area contributed by atoms with Gasteiger partial charge in [0.2, 0.25) is 5.91 Å². The molecule has 1 aromatic heterocycles. The van der Waals surface area contributed by atoms with Crippen molar-refractivity contribution in [3.05, 3.63) is 113 Å². The van der Waals surface area contributed by atoms with Crippen molar-refractivity contribution in [3.8, 4) is 17.6 Å². The summed E-state index contributed by atoms with van der Waals surface area (Å²) >= 11 is 6.09. The first kappa shape index (κ1) is 27.2. The Balaban J connectivity index is 0.00000336. The molecule has 0 spiro atoms. The molecule has 0 bridgehead atoms. The fourth-order valence-corrected chi connectivity index (χ4v) is 4.67. The van der Waals surface area contributed by atoms with E-state index in [2.05, 4.69) is 16.4 Å². The number of para-hydroxylation sites is 1. The van der Waals surface area contributed by atoms with Crippen molar-refractivity contribution in [2.45, 2.75) is 32.1 Å². The molecule has 0 radical (unpaired) electrons. The van der Waals surface area contributed by atoms with Crippen molar-refractivity contribution in [2.75, 3.05) is 6.54 Å². The molecule has 0 saturated carbocycles. The third kappa shape index (κ3) is 6.53. The van der Waals surface area contributed by atoms with Gasteiger partial charge in [-0.2, -0.15) is 5.26 Å². The van der Waals surface area contributed by atoms with E-state index in [1.165, 1.54) is 0 Å². The van der Waals surface area contributed by atoms with Gasteiger partial charge in [0, 0.05) is 37.4 Å². The van der Waals surface area contributed by atoms with E-state index in [0.29, 0.717) is 48.3 Å². The summed E-state index contributed by atoms with van der Waals surface area (Å²) in [6.07, 6.45) is 4.33. The van der Waals surface area contributed by atoms with Gasteiger partial charge < -0.3 is 19.5 Å². The second-order valence-corrected chi connectivity index (χ2v) is 9.42. The number of benzene rings is 3. The van der Waals surface area contributed by atoms with Gasteiger partial charge >= 0.3 is 0 Å². The molecule has 0 unspecified atom stereocenters. The van der Waals surface area contributed by atoms with Crippen LogP contribution in [0.2, 0.25) is 5.02 Å². The number of hydrogen-bond donors (Lipinski definition) is 1. The lowest BCUT2D eigenvalue weighted by molar-refractivity contribution is -0.129. The SMILES string of the molecule is Cl.N#Cc1ccc(Cn2cncc2CN[C@H]2CCN(Cc3cccc(Cl)c3)C2=O)cc1Oc1ccccc1. The molecule has 1 amide bonds. The van der Waals surface area contributed by atoms with Gasteiger partial charge in [-0.25, -0.2) is 4.98 Å². The summed E-state index contributed by atoms with van der Waals surface area (Å²) in [5, 5.41) is 13.6. The highest BCUT2D eigenvalue weighted by Gasteiger charge is 2.31. The van der Waals surface area contributed by atoms with Gasteiger partial charge in [0.25, 0.3) is 0 Å². The molecular formula is C29H27Cl2N5O2. The predicted octanol–water partition coefficient (Wildman–Crippen LogP) is 5.56. The van der Waals surface area contributed by atoms with Crippen LogP contribution in [-0.2, 0) is 24.4 Å². The number of nitrogens with zero attached hydrogens (tertiary/aromatic N) is 4. The van der Waals surface area contributed by atoms with Crippen molar-refractivity contribution in [1.29, 1.82) is 5.26 Å². The summed E-state index contributed by atoms with van der Waals surface area (Å²) in [5.41, 5.74) is 3.45. The van der Waals surface area contributed by atoms with Gasteiger partial charge in [0.1, 0.15) is 17.6 Å². The number of carbonyl (C=O) groups excluding carboxylic acids is 1. The number of ether oxygens (including phenoxy) is 1. The van der Waals surface area contributed by atoms with Gasteiger partial charge in [-0.1, -0.05) is 48.0 Å². The zero-order valence-electron chi connectivity index (χ0n) is 20.6. The monoisotopic (exact) mass is 547 g/mol. The largest absolute Gasteiger partial charge is 0.456 e. The second-order valence-electron chi connectivity index (χ2n) is 8.98. The summed E-state index contributed by atoms with van der Waals surface area (Å²) in [7, 11) is 0. The molecule has 5 rings (SSSR count). The molecular weight excluding hydrogens is 521 g/mol. The maximum absolute atomic E-state index is 12.9. The minimum atomic E-state index is -0.233. The lowest BCUT2D eigenvalue weighted by atomic mass is 10.1. The minimum Gasteiger partial charge on any atom is -0.456 e. The Kier molecular flexibility index (Phi) is 9.03. The van der Waals surface area contributed by atoms with E-state index < -0.39 is 0 Å². The molecule has 1 aliphatic heterocycles. The second kappa shape index (κ2) is 12.6. The maximum atomic E-state index is 12.9. The van der Waals surface area contributed by atoms with Crippen LogP contribution in [0.3, 0.4) is 0 Å². The number of likely N-dealkylation sites (tertiary alicyclic amines) is 1. The Bertz CT molecular complexity index is 1430. The first-order valence-electron chi connectivity index (χ1n) is 12.1. The molecule has 1 aliphatic rings. The summed E-state index contributed by atoms with van der Waals surface area (Å²) in [6.45, 7) is 2.34. The topological polar surface area (TPSA) is 83.2 Å². The highest BCUT2D eigenvalue weighted by molar-refractivity contribution is 6.30. The Morgan fingerprint density at radius 3 is 2.66 bits per heavy atom. The number of imidazole rings is 1. The molecule has 0 aliphatic carbocycles. The molecule has 194 valence electrons. The first-order valence-corrected chi connectivity index (χ1v) is 12.5. The molecule has 7 nitrogen and oxygen atoms in total. The Morgan fingerprint density at radius 1 is 1.05 bits per heavy atom. The summed E-state index contributed by atoms with van der Waals surface area (Å²) in [5.74, 6) is 1.29. The molecule has 1 atom stereocenters. The molecule has 1 N–H and O–H groups in total. The zero-order valence-corrected chi connectivity index (χ0v) is 22.2. The summed E-state index contributed by atoms with van der Waals surface area (Å²) in [6, 6.07) is 24.6. The molecule has 1 saturated heterocycles. The molecule has 38 heavy (non-hydrogen) atoms. The van der Waals surface area contributed by atoms with Crippen LogP contribution in [0.4, 0.5) is 0 Å². The fourth-order valence-electron chi connectivity index (χ4n) is 4.46. The van der Waals surface area contributed by atoms with Gasteiger partial charge in [-0.15, -0.1) is 12.4 Å². The maximum Gasteiger partial charge on any atom is 0.240 e. The molecule has 2 heterocycles. The zero-order chi connectivity index (χ0) is 25.6. The number of carbonyl (C=O) groups is 1. The average molecular weight is 548 g/mol. The van der Waals surface area contributed by atoms with Crippen LogP contribution in [0.25, 0.3) is 0 Å². The predicted molar refractivity (Wildman–Crippen MR) is 148 cm³/mol. The van der Waals surface area contributed by atoms with Gasteiger partial charge in [0.05, 0.1) is 23.6 Å². The van der Waals surface area contributed by atoms with Gasteiger partial charge in [-0.05, 0) is 53.9 Å². The Morgan fingerprint density at radius 2 is 1.87 bits per heavy atom. The number of rotatable bonds is 9. The summed E-state index contributed by atoms with van der Waals surface area (Å²) in [4.78, 5) is 19.1.